The summed E-state index contributed by atoms with van der Waals surface area (Å²) in [5.41, 5.74) is 3.30. The molecule has 1 N–H and O–H groups in total. The van der Waals surface area contributed by atoms with E-state index in [0.29, 0.717) is 0 Å². The SMILES string of the molecule is Brc1ccccc1CNc1ccc(-n2cncn2)cc1. The smallest absolute Gasteiger partial charge is 0.138 e. The number of aromatic nitrogens is 3. The first-order chi connectivity index (χ1) is 9.83. The van der Waals surface area contributed by atoms with Gasteiger partial charge in [-0.25, -0.2) is 9.67 Å². The lowest BCUT2D eigenvalue weighted by molar-refractivity contribution is 0.879. The van der Waals surface area contributed by atoms with Crippen LogP contribution in [0, 0.1) is 0 Å². The Morgan fingerprint density at radius 1 is 1.05 bits per heavy atom. The Hall–Kier alpha value is -2.14. The number of benzene rings is 2. The maximum Gasteiger partial charge on any atom is 0.138 e. The van der Waals surface area contributed by atoms with Gasteiger partial charge in [0.1, 0.15) is 12.7 Å². The van der Waals surface area contributed by atoms with Crippen LogP contribution >= 0.6 is 15.9 Å². The third kappa shape index (κ3) is 2.88. The Balaban J connectivity index is 1.68. The van der Waals surface area contributed by atoms with Crippen molar-refractivity contribution in [1.29, 1.82) is 0 Å². The molecule has 3 aromatic rings. The summed E-state index contributed by atoms with van der Waals surface area (Å²) >= 11 is 3.55. The molecule has 5 heteroatoms. The Bertz CT molecular complexity index is 677. The van der Waals surface area contributed by atoms with E-state index in [1.54, 1.807) is 11.0 Å². The summed E-state index contributed by atoms with van der Waals surface area (Å²) in [5, 5.41) is 7.50. The van der Waals surface area contributed by atoms with Crippen LogP contribution in [-0.2, 0) is 6.54 Å². The summed E-state index contributed by atoms with van der Waals surface area (Å²) in [4.78, 5) is 3.94. The molecule has 0 fully saturated rings. The number of rotatable bonds is 4. The van der Waals surface area contributed by atoms with E-state index in [-0.39, 0.29) is 0 Å². The van der Waals surface area contributed by atoms with Crippen molar-refractivity contribution in [2.75, 3.05) is 5.32 Å². The van der Waals surface area contributed by atoms with Gasteiger partial charge < -0.3 is 5.32 Å². The zero-order valence-corrected chi connectivity index (χ0v) is 12.3. The van der Waals surface area contributed by atoms with E-state index in [0.717, 1.165) is 22.4 Å². The Morgan fingerprint density at radius 2 is 1.85 bits per heavy atom. The van der Waals surface area contributed by atoms with Crippen molar-refractivity contribution in [3.05, 3.63) is 71.2 Å². The van der Waals surface area contributed by atoms with Gasteiger partial charge >= 0.3 is 0 Å². The van der Waals surface area contributed by atoms with Gasteiger partial charge in [0, 0.05) is 16.7 Å². The van der Waals surface area contributed by atoms with Gasteiger partial charge in [-0.2, -0.15) is 5.10 Å². The molecule has 2 aromatic carbocycles. The summed E-state index contributed by atoms with van der Waals surface area (Å²) in [5.74, 6) is 0. The molecule has 0 radical (unpaired) electrons. The van der Waals surface area contributed by atoms with E-state index in [2.05, 4.69) is 37.4 Å². The van der Waals surface area contributed by atoms with Crippen LogP contribution in [-0.4, -0.2) is 14.8 Å². The highest BCUT2D eigenvalue weighted by Gasteiger charge is 2.00. The number of halogens is 1. The van der Waals surface area contributed by atoms with Crippen molar-refractivity contribution >= 4 is 21.6 Å². The third-order valence-corrected chi connectivity index (χ3v) is 3.77. The molecule has 20 heavy (non-hydrogen) atoms. The fourth-order valence-electron chi connectivity index (χ4n) is 1.91. The van der Waals surface area contributed by atoms with Crippen LogP contribution in [0.1, 0.15) is 5.56 Å². The number of anilines is 1. The van der Waals surface area contributed by atoms with Crippen molar-refractivity contribution in [3.8, 4) is 5.69 Å². The van der Waals surface area contributed by atoms with Gasteiger partial charge in [-0.05, 0) is 35.9 Å². The largest absolute Gasteiger partial charge is 0.381 e. The number of hydrogen-bond acceptors (Lipinski definition) is 3. The third-order valence-electron chi connectivity index (χ3n) is 2.99. The minimum absolute atomic E-state index is 0.782. The molecule has 1 heterocycles. The molecule has 0 unspecified atom stereocenters. The second-order valence-corrected chi connectivity index (χ2v) is 5.19. The van der Waals surface area contributed by atoms with E-state index in [1.165, 1.54) is 11.9 Å². The minimum Gasteiger partial charge on any atom is -0.381 e. The Labute approximate surface area is 125 Å². The minimum atomic E-state index is 0.782. The molecule has 1 aromatic heterocycles. The Morgan fingerprint density at radius 3 is 2.55 bits per heavy atom. The van der Waals surface area contributed by atoms with Crippen molar-refractivity contribution in [2.45, 2.75) is 6.54 Å². The summed E-state index contributed by atoms with van der Waals surface area (Å²) in [6.45, 7) is 0.782. The van der Waals surface area contributed by atoms with E-state index >= 15 is 0 Å². The molecule has 0 bridgehead atoms. The zero-order valence-electron chi connectivity index (χ0n) is 10.7. The highest BCUT2D eigenvalue weighted by Crippen LogP contribution is 2.18. The highest BCUT2D eigenvalue weighted by atomic mass is 79.9. The second-order valence-electron chi connectivity index (χ2n) is 4.33. The number of nitrogens with zero attached hydrogens (tertiary/aromatic N) is 3. The average Bonchev–Trinajstić information content (AvgIpc) is 3.01. The first kappa shape index (κ1) is 12.9. The number of hydrogen-bond donors (Lipinski definition) is 1. The summed E-state index contributed by atoms with van der Waals surface area (Å²) in [6.07, 6.45) is 3.21. The quantitative estimate of drug-likeness (QED) is 0.795. The van der Waals surface area contributed by atoms with Crippen LogP contribution in [0.3, 0.4) is 0 Å². The molecule has 0 saturated carbocycles. The predicted molar refractivity (Wildman–Crippen MR) is 82.8 cm³/mol. The van der Waals surface area contributed by atoms with Crippen LogP contribution in [0.5, 0.6) is 0 Å². The second kappa shape index (κ2) is 5.88. The molecule has 3 rings (SSSR count). The van der Waals surface area contributed by atoms with Gasteiger partial charge in [0.15, 0.2) is 0 Å². The van der Waals surface area contributed by atoms with Crippen LogP contribution in [0.2, 0.25) is 0 Å². The predicted octanol–water partition coefficient (Wildman–Crippen LogP) is 3.64. The molecule has 0 aliphatic heterocycles. The van der Waals surface area contributed by atoms with Crippen LogP contribution in [0.4, 0.5) is 5.69 Å². The van der Waals surface area contributed by atoms with Crippen molar-refractivity contribution < 1.29 is 0 Å². The first-order valence-electron chi connectivity index (χ1n) is 6.25. The van der Waals surface area contributed by atoms with Crippen molar-refractivity contribution in [3.63, 3.8) is 0 Å². The highest BCUT2D eigenvalue weighted by molar-refractivity contribution is 9.10. The van der Waals surface area contributed by atoms with E-state index < -0.39 is 0 Å². The van der Waals surface area contributed by atoms with Gasteiger partial charge in [0.25, 0.3) is 0 Å². The standard InChI is InChI=1S/C15H13BrN4/c16-15-4-2-1-3-12(15)9-18-13-5-7-14(8-6-13)20-11-17-10-19-20/h1-8,10-11,18H,9H2. The van der Waals surface area contributed by atoms with Crippen LogP contribution in [0.15, 0.2) is 65.7 Å². The van der Waals surface area contributed by atoms with E-state index in [4.69, 9.17) is 0 Å². The monoisotopic (exact) mass is 328 g/mol. The molecule has 0 aliphatic carbocycles. The van der Waals surface area contributed by atoms with Gasteiger partial charge in [0.05, 0.1) is 5.69 Å². The van der Waals surface area contributed by atoms with E-state index in [9.17, 15) is 0 Å². The first-order valence-corrected chi connectivity index (χ1v) is 7.04. The molecule has 4 nitrogen and oxygen atoms in total. The normalized spacial score (nSPS) is 10.4. The van der Waals surface area contributed by atoms with Gasteiger partial charge in [-0.3, -0.25) is 0 Å². The molecule has 100 valence electrons. The lowest BCUT2D eigenvalue weighted by Crippen LogP contribution is -2.00. The van der Waals surface area contributed by atoms with Gasteiger partial charge in [-0.1, -0.05) is 34.1 Å². The zero-order chi connectivity index (χ0) is 13.8. The van der Waals surface area contributed by atoms with E-state index in [1.807, 2.05) is 42.5 Å². The maximum absolute atomic E-state index is 4.10. The number of nitrogens with one attached hydrogen (secondary N) is 1. The summed E-state index contributed by atoms with van der Waals surface area (Å²) < 4.78 is 2.85. The molecule has 0 amide bonds. The molecule has 0 spiro atoms. The van der Waals surface area contributed by atoms with Crippen LogP contribution < -0.4 is 5.32 Å². The fourth-order valence-corrected chi connectivity index (χ4v) is 2.34. The lowest BCUT2D eigenvalue weighted by Gasteiger charge is -2.09. The van der Waals surface area contributed by atoms with Crippen molar-refractivity contribution in [1.82, 2.24) is 14.8 Å². The van der Waals surface area contributed by atoms with Gasteiger partial charge in [-0.15, -0.1) is 0 Å². The molecule has 0 saturated heterocycles. The maximum atomic E-state index is 4.10. The summed E-state index contributed by atoms with van der Waals surface area (Å²) in [6, 6.07) is 16.3. The Kier molecular flexibility index (Phi) is 3.78. The lowest BCUT2D eigenvalue weighted by atomic mass is 10.2. The molecule has 0 atom stereocenters. The summed E-state index contributed by atoms with van der Waals surface area (Å²) in [7, 11) is 0. The van der Waals surface area contributed by atoms with Gasteiger partial charge in [0.2, 0.25) is 0 Å². The fraction of sp³-hybridized carbons (Fsp3) is 0.0667. The van der Waals surface area contributed by atoms with Crippen LogP contribution in [0.25, 0.3) is 5.69 Å². The molecular weight excluding hydrogens is 316 g/mol. The van der Waals surface area contributed by atoms with Crippen molar-refractivity contribution in [2.24, 2.45) is 0 Å². The molecule has 0 aliphatic rings. The molecular formula is C15H13BrN4. The topological polar surface area (TPSA) is 42.7 Å². The average molecular weight is 329 g/mol.